The third-order valence-electron chi connectivity index (χ3n) is 2.04. The molecule has 1 aliphatic rings. The molecule has 1 atom stereocenters. The van der Waals surface area contributed by atoms with Gasteiger partial charge in [0.25, 0.3) is 0 Å². The highest BCUT2D eigenvalue weighted by molar-refractivity contribution is 6.43. The zero-order chi connectivity index (χ0) is 8.27. The molecule has 2 nitrogen and oxygen atoms in total. The molecule has 0 bridgehead atoms. The molecule has 62 valence electrons. The van der Waals surface area contributed by atoms with Crippen molar-refractivity contribution in [2.45, 2.75) is 25.1 Å². The maximum atomic E-state index is 12.1. The van der Waals surface area contributed by atoms with Crippen molar-refractivity contribution in [3.05, 3.63) is 11.6 Å². The van der Waals surface area contributed by atoms with Gasteiger partial charge in [0.1, 0.15) is 6.67 Å². The van der Waals surface area contributed by atoms with Crippen molar-refractivity contribution in [1.82, 2.24) is 0 Å². The SMILES string of the molecule is OB(O)C1C=C(CF)CCC1. The Hall–Kier alpha value is -0.345. The summed E-state index contributed by atoms with van der Waals surface area (Å²) in [6.07, 6.45) is 4.02. The smallest absolute Gasteiger partial charge is 0.427 e. The monoisotopic (exact) mass is 158 g/mol. The van der Waals surface area contributed by atoms with E-state index in [1.807, 2.05) is 0 Å². The lowest BCUT2D eigenvalue weighted by Crippen LogP contribution is -2.21. The minimum absolute atomic E-state index is 0.255. The van der Waals surface area contributed by atoms with Gasteiger partial charge in [0.05, 0.1) is 0 Å². The quantitative estimate of drug-likeness (QED) is 0.463. The highest BCUT2D eigenvalue weighted by atomic mass is 19.1. The van der Waals surface area contributed by atoms with Crippen LogP contribution in [0.2, 0.25) is 5.82 Å². The summed E-state index contributed by atoms with van der Waals surface area (Å²) >= 11 is 0. The molecule has 0 radical (unpaired) electrons. The Morgan fingerprint density at radius 1 is 1.64 bits per heavy atom. The summed E-state index contributed by atoms with van der Waals surface area (Å²) in [6, 6.07) is 0. The van der Waals surface area contributed by atoms with Gasteiger partial charge >= 0.3 is 7.12 Å². The second-order valence-electron chi connectivity index (χ2n) is 2.93. The fourth-order valence-corrected chi connectivity index (χ4v) is 1.38. The largest absolute Gasteiger partial charge is 0.458 e. The fraction of sp³-hybridized carbons (Fsp3) is 0.714. The van der Waals surface area contributed by atoms with Gasteiger partial charge in [-0.3, -0.25) is 0 Å². The number of hydrogen-bond acceptors (Lipinski definition) is 2. The van der Waals surface area contributed by atoms with Crippen LogP contribution in [-0.4, -0.2) is 23.8 Å². The minimum atomic E-state index is -1.32. The number of hydrogen-bond donors (Lipinski definition) is 2. The van der Waals surface area contributed by atoms with Crippen LogP contribution in [0.15, 0.2) is 11.6 Å². The van der Waals surface area contributed by atoms with Crippen molar-refractivity contribution in [1.29, 1.82) is 0 Å². The van der Waals surface area contributed by atoms with Gasteiger partial charge in [-0.15, -0.1) is 0 Å². The second kappa shape index (κ2) is 3.88. The molecule has 0 aromatic rings. The maximum Gasteiger partial charge on any atom is 0.458 e. The van der Waals surface area contributed by atoms with Crippen molar-refractivity contribution in [2.75, 3.05) is 6.67 Å². The van der Waals surface area contributed by atoms with Crippen molar-refractivity contribution >= 4 is 7.12 Å². The molecular formula is C7H12BFO2. The van der Waals surface area contributed by atoms with Crippen LogP contribution in [0.1, 0.15) is 19.3 Å². The molecule has 1 aliphatic carbocycles. The van der Waals surface area contributed by atoms with Gasteiger partial charge in [-0.25, -0.2) is 4.39 Å². The van der Waals surface area contributed by atoms with E-state index in [-0.39, 0.29) is 5.82 Å². The van der Waals surface area contributed by atoms with Gasteiger partial charge in [0.15, 0.2) is 0 Å². The lowest BCUT2D eigenvalue weighted by atomic mass is 9.67. The first-order chi connectivity index (χ1) is 5.24. The average molecular weight is 158 g/mol. The summed E-state index contributed by atoms with van der Waals surface area (Å²) in [5.74, 6) is -0.255. The van der Waals surface area contributed by atoms with E-state index in [1.54, 1.807) is 6.08 Å². The van der Waals surface area contributed by atoms with E-state index in [4.69, 9.17) is 10.0 Å². The topological polar surface area (TPSA) is 40.5 Å². The molecule has 0 amide bonds. The highest BCUT2D eigenvalue weighted by Crippen LogP contribution is 2.27. The van der Waals surface area contributed by atoms with E-state index in [0.717, 1.165) is 19.3 Å². The summed E-state index contributed by atoms with van der Waals surface area (Å²) in [5.41, 5.74) is 0.703. The molecule has 4 heteroatoms. The molecule has 0 aromatic heterocycles. The Bertz CT molecular complexity index is 159. The van der Waals surface area contributed by atoms with Gasteiger partial charge in [0, 0.05) is 5.82 Å². The summed E-state index contributed by atoms with van der Waals surface area (Å²) in [7, 11) is -1.32. The van der Waals surface area contributed by atoms with Crippen molar-refractivity contribution in [3.63, 3.8) is 0 Å². The van der Waals surface area contributed by atoms with E-state index in [9.17, 15) is 4.39 Å². The maximum absolute atomic E-state index is 12.1. The van der Waals surface area contributed by atoms with Crippen molar-refractivity contribution in [2.24, 2.45) is 0 Å². The van der Waals surface area contributed by atoms with Crippen LogP contribution < -0.4 is 0 Å². The van der Waals surface area contributed by atoms with Gasteiger partial charge in [-0.2, -0.15) is 0 Å². The third kappa shape index (κ3) is 2.31. The molecule has 0 spiro atoms. The molecular weight excluding hydrogens is 146 g/mol. The van der Waals surface area contributed by atoms with E-state index in [1.165, 1.54) is 0 Å². The predicted molar refractivity (Wildman–Crippen MR) is 41.9 cm³/mol. The summed E-state index contributed by atoms with van der Waals surface area (Å²) < 4.78 is 12.1. The molecule has 0 aliphatic heterocycles. The summed E-state index contributed by atoms with van der Waals surface area (Å²) in [4.78, 5) is 0. The van der Waals surface area contributed by atoms with Gasteiger partial charge in [0.2, 0.25) is 0 Å². The normalized spacial score (nSPS) is 24.6. The third-order valence-corrected chi connectivity index (χ3v) is 2.04. The Balaban J connectivity index is 2.55. The number of rotatable bonds is 2. The average Bonchev–Trinajstić information content (AvgIpc) is 2.05. The van der Waals surface area contributed by atoms with Crippen molar-refractivity contribution < 1.29 is 14.4 Å². The zero-order valence-corrected chi connectivity index (χ0v) is 6.33. The van der Waals surface area contributed by atoms with E-state index in [0.29, 0.717) is 5.57 Å². The van der Waals surface area contributed by atoms with Crippen LogP contribution in [0.3, 0.4) is 0 Å². The molecule has 0 heterocycles. The molecule has 1 rings (SSSR count). The van der Waals surface area contributed by atoms with E-state index < -0.39 is 13.8 Å². The zero-order valence-electron chi connectivity index (χ0n) is 6.33. The van der Waals surface area contributed by atoms with Crippen LogP contribution in [-0.2, 0) is 0 Å². The lowest BCUT2D eigenvalue weighted by molar-refractivity contribution is 0.384. The first-order valence-electron chi connectivity index (χ1n) is 3.85. The Morgan fingerprint density at radius 2 is 2.36 bits per heavy atom. The van der Waals surface area contributed by atoms with Crippen LogP contribution in [0.4, 0.5) is 4.39 Å². The van der Waals surface area contributed by atoms with Crippen LogP contribution in [0.5, 0.6) is 0 Å². The molecule has 0 fully saturated rings. The van der Waals surface area contributed by atoms with Crippen LogP contribution >= 0.6 is 0 Å². The van der Waals surface area contributed by atoms with Gasteiger partial charge in [-0.1, -0.05) is 6.08 Å². The van der Waals surface area contributed by atoms with Gasteiger partial charge < -0.3 is 10.0 Å². The van der Waals surface area contributed by atoms with Crippen LogP contribution in [0, 0.1) is 0 Å². The van der Waals surface area contributed by atoms with E-state index in [2.05, 4.69) is 0 Å². The van der Waals surface area contributed by atoms with Crippen molar-refractivity contribution in [3.8, 4) is 0 Å². The summed E-state index contributed by atoms with van der Waals surface area (Å²) in [6.45, 7) is -0.455. The minimum Gasteiger partial charge on any atom is -0.427 e. The second-order valence-corrected chi connectivity index (χ2v) is 2.93. The molecule has 2 N–H and O–H groups in total. The summed E-state index contributed by atoms with van der Waals surface area (Å²) in [5, 5.41) is 17.6. The molecule has 0 aromatic carbocycles. The lowest BCUT2D eigenvalue weighted by Gasteiger charge is -2.18. The number of halogens is 1. The van der Waals surface area contributed by atoms with E-state index >= 15 is 0 Å². The fourth-order valence-electron chi connectivity index (χ4n) is 1.38. The Labute approximate surface area is 65.9 Å². The Kier molecular flexibility index (Phi) is 3.08. The number of alkyl halides is 1. The van der Waals surface area contributed by atoms with Gasteiger partial charge in [-0.05, 0) is 24.8 Å². The Morgan fingerprint density at radius 3 is 2.91 bits per heavy atom. The predicted octanol–water partition coefficient (Wildman–Crippen LogP) is 0.909. The molecule has 0 saturated heterocycles. The molecule has 11 heavy (non-hydrogen) atoms. The first kappa shape index (κ1) is 8.75. The first-order valence-corrected chi connectivity index (χ1v) is 3.85. The highest BCUT2D eigenvalue weighted by Gasteiger charge is 2.23. The van der Waals surface area contributed by atoms with Crippen LogP contribution in [0.25, 0.3) is 0 Å². The molecule has 0 saturated carbocycles. The number of allylic oxidation sites excluding steroid dienone is 2. The molecule has 1 unspecified atom stereocenters. The standard InChI is InChI=1S/C7H12BFO2/c9-5-6-2-1-3-7(4-6)8(10)11/h4,7,10-11H,1-3,5H2.